The average molecular weight is 200 g/mol. The molecule has 14 heavy (non-hydrogen) atoms. The van der Waals surface area contributed by atoms with Crippen LogP contribution in [0.3, 0.4) is 0 Å². The zero-order valence-electron chi connectivity index (χ0n) is 8.30. The van der Waals surface area contributed by atoms with Crippen LogP contribution < -0.4 is 0 Å². The molecule has 0 radical (unpaired) electrons. The van der Waals surface area contributed by atoms with Crippen LogP contribution in [-0.4, -0.2) is 5.11 Å². The van der Waals surface area contributed by atoms with E-state index in [0.717, 1.165) is 18.2 Å². The van der Waals surface area contributed by atoms with Gasteiger partial charge in [0, 0.05) is 6.07 Å². The van der Waals surface area contributed by atoms with Crippen LogP contribution in [0, 0.1) is 17.6 Å². The van der Waals surface area contributed by atoms with Gasteiger partial charge in [-0.2, -0.15) is 0 Å². The predicted molar refractivity (Wildman–Crippen MR) is 50.8 cm³/mol. The molecule has 0 bridgehead atoms. The normalized spacial score (nSPS) is 13.3. The molecule has 1 rings (SSSR count). The van der Waals surface area contributed by atoms with Crippen molar-refractivity contribution >= 4 is 0 Å². The summed E-state index contributed by atoms with van der Waals surface area (Å²) in [5.41, 5.74) is 0.302. The highest BCUT2D eigenvalue weighted by atomic mass is 19.1. The summed E-state index contributed by atoms with van der Waals surface area (Å²) >= 11 is 0. The summed E-state index contributed by atoms with van der Waals surface area (Å²) in [5, 5.41) is 9.61. The Labute approximate surface area is 82.4 Å². The Morgan fingerprint density at radius 3 is 2.07 bits per heavy atom. The lowest BCUT2D eigenvalue weighted by atomic mass is 9.99. The molecular formula is C11H14F2O. The van der Waals surface area contributed by atoms with Crippen molar-refractivity contribution in [3.63, 3.8) is 0 Å². The van der Waals surface area contributed by atoms with Crippen LogP contribution in [0.2, 0.25) is 0 Å². The topological polar surface area (TPSA) is 20.2 Å². The monoisotopic (exact) mass is 200 g/mol. The standard InChI is InChI=1S/C11H14F2O/c1-7(2)3-11(14)8-4-9(12)6-10(13)5-8/h4-7,11,14H,3H2,1-2H3. The van der Waals surface area contributed by atoms with Crippen molar-refractivity contribution in [1.29, 1.82) is 0 Å². The van der Waals surface area contributed by atoms with Crippen LogP contribution in [0.5, 0.6) is 0 Å². The van der Waals surface area contributed by atoms with Crippen molar-refractivity contribution in [2.75, 3.05) is 0 Å². The summed E-state index contributed by atoms with van der Waals surface area (Å²) in [6.07, 6.45) is -0.289. The van der Waals surface area contributed by atoms with Gasteiger partial charge < -0.3 is 5.11 Å². The summed E-state index contributed by atoms with van der Waals surface area (Å²) in [6.45, 7) is 3.89. The van der Waals surface area contributed by atoms with Gasteiger partial charge in [-0.15, -0.1) is 0 Å². The smallest absolute Gasteiger partial charge is 0.126 e. The van der Waals surface area contributed by atoms with Gasteiger partial charge in [0.05, 0.1) is 6.10 Å². The van der Waals surface area contributed by atoms with Gasteiger partial charge >= 0.3 is 0 Å². The summed E-state index contributed by atoms with van der Waals surface area (Å²) in [4.78, 5) is 0. The summed E-state index contributed by atoms with van der Waals surface area (Å²) < 4.78 is 25.5. The van der Waals surface area contributed by atoms with E-state index in [9.17, 15) is 13.9 Å². The van der Waals surface area contributed by atoms with Gasteiger partial charge in [-0.05, 0) is 30.0 Å². The molecule has 0 aliphatic rings. The highest BCUT2D eigenvalue weighted by Gasteiger charge is 2.11. The van der Waals surface area contributed by atoms with Crippen molar-refractivity contribution in [2.45, 2.75) is 26.4 Å². The lowest BCUT2D eigenvalue weighted by molar-refractivity contribution is 0.150. The van der Waals surface area contributed by atoms with Crippen molar-refractivity contribution in [2.24, 2.45) is 5.92 Å². The van der Waals surface area contributed by atoms with Gasteiger partial charge in [-0.3, -0.25) is 0 Å². The highest BCUT2D eigenvalue weighted by molar-refractivity contribution is 5.20. The molecule has 78 valence electrons. The lowest BCUT2D eigenvalue weighted by Gasteiger charge is -2.13. The van der Waals surface area contributed by atoms with E-state index in [1.54, 1.807) is 0 Å². The molecule has 0 heterocycles. The molecule has 0 aliphatic heterocycles. The maximum absolute atomic E-state index is 12.8. The minimum absolute atomic E-state index is 0.288. The fraction of sp³-hybridized carbons (Fsp3) is 0.455. The fourth-order valence-electron chi connectivity index (χ4n) is 1.35. The molecule has 1 N–H and O–H groups in total. The molecule has 0 spiro atoms. The van der Waals surface area contributed by atoms with E-state index in [0.29, 0.717) is 12.0 Å². The third-order valence-corrected chi connectivity index (χ3v) is 1.96. The van der Waals surface area contributed by atoms with Gasteiger partial charge in [0.2, 0.25) is 0 Å². The first kappa shape index (κ1) is 11.1. The van der Waals surface area contributed by atoms with E-state index in [4.69, 9.17) is 0 Å². The van der Waals surface area contributed by atoms with Crippen LogP contribution in [-0.2, 0) is 0 Å². The molecule has 0 amide bonds. The summed E-state index contributed by atoms with van der Waals surface area (Å²) in [7, 11) is 0. The van der Waals surface area contributed by atoms with Gasteiger partial charge in [0.25, 0.3) is 0 Å². The van der Waals surface area contributed by atoms with Gasteiger partial charge in [-0.1, -0.05) is 13.8 Å². The maximum atomic E-state index is 12.8. The first-order chi connectivity index (χ1) is 6.49. The first-order valence-electron chi connectivity index (χ1n) is 4.63. The molecule has 0 aromatic heterocycles. The SMILES string of the molecule is CC(C)CC(O)c1cc(F)cc(F)c1. The number of benzene rings is 1. The van der Waals surface area contributed by atoms with Gasteiger partial charge in [-0.25, -0.2) is 8.78 Å². The van der Waals surface area contributed by atoms with Crippen LogP contribution in [0.4, 0.5) is 8.78 Å². The number of rotatable bonds is 3. The van der Waals surface area contributed by atoms with Crippen LogP contribution in [0.15, 0.2) is 18.2 Å². The third kappa shape index (κ3) is 3.07. The Morgan fingerprint density at radius 2 is 1.64 bits per heavy atom. The van der Waals surface area contributed by atoms with Gasteiger partial charge in [0.1, 0.15) is 11.6 Å². The quantitative estimate of drug-likeness (QED) is 0.795. The van der Waals surface area contributed by atoms with Crippen LogP contribution in [0.25, 0.3) is 0 Å². The number of hydrogen-bond acceptors (Lipinski definition) is 1. The Morgan fingerprint density at radius 1 is 1.14 bits per heavy atom. The minimum atomic E-state index is -0.791. The second-order valence-electron chi connectivity index (χ2n) is 3.85. The van der Waals surface area contributed by atoms with E-state index < -0.39 is 17.7 Å². The maximum Gasteiger partial charge on any atom is 0.126 e. The van der Waals surface area contributed by atoms with E-state index in [1.807, 2.05) is 13.8 Å². The molecule has 0 aliphatic carbocycles. The van der Waals surface area contributed by atoms with Crippen molar-refractivity contribution < 1.29 is 13.9 Å². The molecule has 0 saturated carbocycles. The van der Waals surface area contributed by atoms with Crippen LogP contribution >= 0.6 is 0 Å². The zero-order valence-corrected chi connectivity index (χ0v) is 8.30. The third-order valence-electron chi connectivity index (χ3n) is 1.96. The molecule has 1 atom stereocenters. The first-order valence-corrected chi connectivity index (χ1v) is 4.63. The molecule has 0 saturated heterocycles. The highest BCUT2D eigenvalue weighted by Crippen LogP contribution is 2.22. The molecule has 3 heteroatoms. The van der Waals surface area contributed by atoms with E-state index in [2.05, 4.69) is 0 Å². The largest absolute Gasteiger partial charge is 0.388 e. The van der Waals surface area contributed by atoms with Crippen LogP contribution in [0.1, 0.15) is 31.9 Å². The Balaban J connectivity index is 2.84. The summed E-state index contributed by atoms with van der Waals surface area (Å²) in [5.74, 6) is -1.01. The predicted octanol–water partition coefficient (Wildman–Crippen LogP) is 3.04. The van der Waals surface area contributed by atoms with Crippen molar-refractivity contribution in [3.8, 4) is 0 Å². The second kappa shape index (κ2) is 4.51. The van der Waals surface area contributed by atoms with E-state index in [-0.39, 0.29) is 5.92 Å². The molecule has 1 aromatic carbocycles. The van der Waals surface area contributed by atoms with Gasteiger partial charge in [0.15, 0.2) is 0 Å². The lowest BCUT2D eigenvalue weighted by Crippen LogP contribution is -2.02. The average Bonchev–Trinajstić information content (AvgIpc) is 2.00. The number of aliphatic hydroxyl groups excluding tert-OH is 1. The Kier molecular flexibility index (Phi) is 3.58. The Hall–Kier alpha value is -0.960. The number of aliphatic hydroxyl groups is 1. The van der Waals surface area contributed by atoms with Crippen molar-refractivity contribution in [1.82, 2.24) is 0 Å². The van der Waals surface area contributed by atoms with Crippen molar-refractivity contribution in [3.05, 3.63) is 35.4 Å². The van der Waals surface area contributed by atoms with E-state index in [1.165, 1.54) is 0 Å². The number of halogens is 2. The second-order valence-corrected chi connectivity index (χ2v) is 3.85. The fourth-order valence-corrected chi connectivity index (χ4v) is 1.35. The molecule has 0 fully saturated rings. The molecule has 1 nitrogen and oxygen atoms in total. The minimum Gasteiger partial charge on any atom is -0.388 e. The van der Waals surface area contributed by atoms with E-state index >= 15 is 0 Å². The summed E-state index contributed by atoms with van der Waals surface area (Å²) in [6, 6.07) is 3.12. The molecular weight excluding hydrogens is 186 g/mol. The molecule has 1 aromatic rings. The Bertz CT molecular complexity index is 290. The number of hydrogen-bond donors (Lipinski definition) is 1. The zero-order chi connectivity index (χ0) is 10.7. The molecule has 1 unspecified atom stereocenters.